The molecule has 1 saturated heterocycles. The van der Waals surface area contributed by atoms with Gasteiger partial charge in [-0.25, -0.2) is 0 Å². The van der Waals surface area contributed by atoms with Crippen molar-refractivity contribution < 1.29 is 14.3 Å². The van der Waals surface area contributed by atoms with Crippen molar-refractivity contribution in [2.75, 3.05) is 54.5 Å². The van der Waals surface area contributed by atoms with Gasteiger partial charge < -0.3 is 19.7 Å². The van der Waals surface area contributed by atoms with Crippen LogP contribution in [0.15, 0.2) is 18.2 Å². The molecule has 1 aliphatic heterocycles. The summed E-state index contributed by atoms with van der Waals surface area (Å²) >= 11 is 0. The Balaban J connectivity index is 1.82. The second-order valence-corrected chi connectivity index (χ2v) is 8.85. The summed E-state index contributed by atoms with van der Waals surface area (Å²) in [6.45, 7) is 8.74. The first-order chi connectivity index (χ1) is 13.2. The second kappa shape index (κ2) is 10.1. The van der Waals surface area contributed by atoms with E-state index in [0.717, 1.165) is 56.1 Å². The number of carbonyl (C=O) groups excluding carboxylic acids is 1. The van der Waals surface area contributed by atoms with E-state index in [4.69, 9.17) is 9.47 Å². The molecule has 1 fully saturated rings. The van der Waals surface area contributed by atoms with Crippen molar-refractivity contribution in [3.8, 4) is 11.5 Å². The second-order valence-electron chi connectivity index (χ2n) is 8.85. The molecular weight excluding hydrogens is 354 g/mol. The first kappa shape index (κ1) is 22.5. The highest BCUT2D eigenvalue weighted by Crippen LogP contribution is 2.27. The summed E-state index contributed by atoms with van der Waals surface area (Å²) in [5.41, 5.74) is 1.22. The molecule has 0 saturated carbocycles. The van der Waals surface area contributed by atoms with E-state index in [0.29, 0.717) is 6.54 Å². The van der Waals surface area contributed by atoms with Gasteiger partial charge in [0, 0.05) is 37.2 Å². The van der Waals surface area contributed by atoms with Crippen LogP contribution < -0.4 is 14.8 Å². The Kier molecular flexibility index (Phi) is 8.13. The lowest BCUT2D eigenvalue weighted by molar-refractivity contribution is -0.127. The Morgan fingerprint density at radius 2 is 1.89 bits per heavy atom. The number of rotatable bonds is 9. The van der Waals surface area contributed by atoms with E-state index in [9.17, 15) is 4.79 Å². The van der Waals surface area contributed by atoms with E-state index in [1.165, 1.54) is 0 Å². The zero-order valence-electron chi connectivity index (χ0n) is 18.4. The average molecular weight is 392 g/mol. The number of amides is 1. The number of methoxy groups -OCH3 is 2. The highest BCUT2D eigenvalue weighted by Gasteiger charge is 2.27. The van der Waals surface area contributed by atoms with E-state index >= 15 is 0 Å². The average Bonchev–Trinajstić information content (AvgIpc) is 2.66. The molecule has 6 nitrogen and oxygen atoms in total. The molecule has 1 aliphatic rings. The number of carbonyl (C=O) groups is 1. The van der Waals surface area contributed by atoms with Crippen LogP contribution in [0.2, 0.25) is 0 Å². The van der Waals surface area contributed by atoms with Crippen LogP contribution in [0, 0.1) is 11.3 Å². The summed E-state index contributed by atoms with van der Waals surface area (Å²) in [5, 5.41) is 3.18. The van der Waals surface area contributed by atoms with Gasteiger partial charge in [0.15, 0.2) is 0 Å². The molecule has 1 N–H and O–H groups in total. The van der Waals surface area contributed by atoms with Gasteiger partial charge in [0.1, 0.15) is 11.5 Å². The Labute approximate surface area is 170 Å². The van der Waals surface area contributed by atoms with Crippen molar-refractivity contribution in [1.82, 2.24) is 15.1 Å². The van der Waals surface area contributed by atoms with Crippen molar-refractivity contribution in [3.63, 3.8) is 0 Å². The normalized spacial score (nSPS) is 16.2. The Morgan fingerprint density at radius 3 is 2.46 bits per heavy atom. The monoisotopic (exact) mass is 391 g/mol. The van der Waals surface area contributed by atoms with Crippen LogP contribution in [-0.4, -0.2) is 70.2 Å². The summed E-state index contributed by atoms with van der Waals surface area (Å²) in [7, 11) is 7.48. The minimum absolute atomic E-state index is 0.0742. The zero-order chi connectivity index (χ0) is 20.7. The molecule has 1 heterocycles. The SMILES string of the molecule is COc1ccc(CN2CCC(C(=O)NCC(C)(C)CN(C)C)CC2)c(OC)c1. The lowest BCUT2D eigenvalue weighted by Crippen LogP contribution is -2.44. The molecule has 0 unspecified atom stereocenters. The number of nitrogens with zero attached hydrogens (tertiary/aromatic N) is 2. The van der Waals surface area contributed by atoms with Gasteiger partial charge in [-0.1, -0.05) is 19.9 Å². The maximum absolute atomic E-state index is 12.6. The Morgan fingerprint density at radius 1 is 1.21 bits per heavy atom. The fourth-order valence-electron chi connectivity index (χ4n) is 3.96. The van der Waals surface area contributed by atoms with E-state index < -0.39 is 0 Å². The summed E-state index contributed by atoms with van der Waals surface area (Å²) in [6, 6.07) is 5.95. The fraction of sp³-hybridized carbons (Fsp3) is 0.682. The molecule has 0 aliphatic carbocycles. The van der Waals surface area contributed by atoms with Gasteiger partial charge in [0.2, 0.25) is 5.91 Å². The van der Waals surface area contributed by atoms with Crippen LogP contribution in [-0.2, 0) is 11.3 Å². The van der Waals surface area contributed by atoms with E-state index in [1.807, 2.05) is 12.1 Å². The number of nitrogens with one attached hydrogen (secondary N) is 1. The molecule has 1 aromatic rings. The quantitative estimate of drug-likeness (QED) is 0.701. The number of hydrogen-bond acceptors (Lipinski definition) is 5. The summed E-state index contributed by atoms with van der Waals surface area (Å²) in [4.78, 5) is 17.1. The third kappa shape index (κ3) is 6.67. The van der Waals surface area contributed by atoms with E-state index in [1.54, 1.807) is 14.2 Å². The van der Waals surface area contributed by atoms with Crippen LogP contribution in [0.5, 0.6) is 11.5 Å². The molecule has 0 bridgehead atoms. The van der Waals surface area contributed by atoms with Gasteiger partial charge in [-0.05, 0) is 51.5 Å². The number of hydrogen-bond donors (Lipinski definition) is 1. The molecule has 1 amide bonds. The van der Waals surface area contributed by atoms with Gasteiger partial charge in [-0.3, -0.25) is 9.69 Å². The smallest absolute Gasteiger partial charge is 0.223 e. The number of ether oxygens (including phenoxy) is 2. The zero-order valence-corrected chi connectivity index (χ0v) is 18.4. The Bertz CT molecular complexity index is 638. The van der Waals surface area contributed by atoms with Gasteiger partial charge in [0.05, 0.1) is 14.2 Å². The molecule has 0 aromatic heterocycles. The third-order valence-corrected chi connectivity index (χ3v) is 5.33. The van der Waals surface area contributed by atoms with Crippen molar-refractivity contribution in [1.29, 1.82) is 0 Å². The maximum atomic E-state index is 12.6. The third-order valence-electron chi connectivity index (χ3n) is 5.33. The molecule has 0 atom stereocenters. The predicted molar refractivity (Wildman–Crippen MR) is 113 cm³/mol. The van der Waals surface area contributed by atoms with Gasteiger partial charge >= 0.3 is 0 Å². The van der Waals surface area contributed by atoms with Gasteiger partial charge in [-0.15, -0.1) is 0 Å². The molecule has 0 spiro atoms. The lowest BCUT2D eigenvalue weighted by Gasteiger charge is -2.33. The summed E-state index contributed by atoms with van der Waals surface area (Å²) < 4.78 is 10.8. The lowest BCUT2D eigenvalue weighted by atomic mass is 9.91. The minimum Gasteiger partial charge on any atom is -0.497 e. The van der Waals surface area contributed by atoms with Crippen LogP contribution in [0.1, 0.15) is 32.3 Å². The minimum atomic E-state index is 0.0742. The first-order valence-electron chi connectivity index (χ1n) is 10.1. The Hall–Kier alpha value is -1.79. The molecule has 0 radical (unpaired) electrons. The van der Waals surface area contributed by atoms with Crippen molar-refractivity contribution >= 4 is 5.91 Å². The highest BCUT2D eigenvalue weighted by atomic mass is 16.5. The van der Waals surface area contributed by atoms with Crippen LogP contribution in [0.3, 0.4) is 0 Å². The standard InChI is InChI=1S/C22H37N3O3/c1-22(2,16-24(3)4)15-23-21(26)17-9-11-25(12-10-17)14-18-7-8-19(27-5)13-20(18)28-6/h7-8,13,17H,9-12,14-16H2,1-6H3,(H,23,26). The van der Waals surface area contributed by atoms with Gasteiger partial charge in [-0.2, -0.15) is 0 Å². The molecule has 28 heavy (non-hydrogen) atoms. The maximum Gasteiger partial charge on any atom is 0.223 e. The van der Waals surface area contributed by atoms with Crippen LogP contribution in [0.4, 0.5) is 0 Å². The van der Waals surface area contributed by atoms with Crippen molar-refractivity contribution in [2.45, 2.75) is 33.2 Å². The molecule has 6 heteroatoms. The molecule has 158 valence electrons. The summed E-state index contributed by atoms with van der Waals surface area (Å²) in [5.74, 6) is 1.97. The van der Waals surface area contributed by atoms with Gasteiger partial charge in [0.25, 0.3) is 0 Å². The van der Waals surface area contributed by atoms with Crippen LogP contribution in [0.25, 0.3) is 0 Å². The first-order valence-corrected chi connectivity index (χ1v) is 10.1. The van der Waals surface area contributed by atoms with Crippen molar-refractivity contribution in [2.24, 2.45) is 11.3 Å². The summed E-state index contributed by atoms with van der Waals surface area (Å²) in [6.07, 6.45) is 1.80. The number of likely N-dealkylation sites (tertiary alicyclic amines) is 1. The largest absolute Gasteiger partial charge is 0.497 e. The van der Waals surface area contributed by atoms with Crippen molar-refractivity contribution in [3.05, 3.63) is 23.8 Å². The molecule has 2 rings (SSSR count). The molecular formula is C22H37N3O3. The van der Waals surface area contributed by atoms with E-state index in [2.05, 4.69) is 49.1 Å². The van der Waals surface area contributed by atoms with E-state index in [-0.39, 0.29) is 17.2 Å². The molecule has 1 aromatic carbocycles. The predicted octanol–water partition coefficient (Wildman–Crippen LogP) is 2.62. The topological polar surface area (TPSA) is 54.0 Å². The fourth-order valence-corrected chi connectivity index (χ4v) is 3.96. The number of piperidine rings is 1. The van der Waals surface area contributed by atoms with Crippen LogP contribution >= 0.6 is 0 Å². The highest BCUT2D eigenvalue weighted by molar-refractivity contribution is 5.78. The number of benzene rings is 1.